The van der Waals surface area contributed by atoms with Crippen molar-refractivity contribution in [2.24, 2.45) is 22.2 Å². The van der Waals surface area contributed by atoms with Crippen molar-refractivity contribution in [2.45, 2.75) is 56.3 Å². The number of phenolic OH excluding ortho intramolecular Hbond substituents is 1. The van der Waals surface area contributed by atoms with Crippen LogP contribution in [-0.4, -0.2) is 80.5 Å². The molecule has 5 aromatic rings. The number of H-pyrrole nitrogens is 2. The SMILES string of the molecule is NC(N)=NCCCC(NC(=O)C(Cc1ccc(O)cc1)NC(=O)C(Cc1c[nH]c2ccccc12)NC(=O)C(N)Cc1c[nH]c2ccccc12)C(=O)O. The molecule has 0 saturated heterocycles. The molecular weight excluding hydrogens is 666 g/mol. The molecule has 13 N–H and O–H groups in total. The maximum atomic E-state index is 14.2. The molecule has 0 aliphatic rings. The number of hydrogen-bond donors (Lipinski definition) is 10. The molecule has 0 spiro atoms. The van der Waals surface area contributed by atoms with E-state index in [4.69, 9.17) is 17.2 Å². The minimum atomic E-state index is -1.30. The first-order valence-electron chi connectivity index (χ1n) is 16.8. The fourth-order valence-corrected chi connectivity index (χ4v) is 6.02. The molecule has 3 aromatic carbocycles. The number of nitrogens with one attached hydrogen (secondary N) is 5. The van der Waals surface area contributed by atoms with E-state index >= 15 is 0 Å². The van der Waals surface area contributed by atoms with Gasteiger partial charge in [-0.1, -0.05) is 48.5 Å². The summed E-state index contributed by atoms with van der Waals surface area (Å²) in [4.78, 5) is 63.8. The molecule has 52 heavy (non-hydrogen) atoms. The Morgan fingerprint density at radius 3 is 1.79 bits per heavy atom. The van der Waals surface area contributed by atoms with Gasteiger partial charge in [0.2, 0.25) is 17.7 Å². The van der Waals surface area contributed by atoms with Crippen molar-refractivity contribution in [1.82, 2.24) is 25.9 Å². The molecule has 0 saturated carbocycles. The predicted molar refractivity (Wildman–Crippen MR) is 197 cm³/mol. The van der Waals surface area contributed by atoms with Gasteiger partial charge in [-0.3, -0.25) is 19.4 Å². The van der Waals surface area contributed by atoms with Crippen LogP contribution in [0, 0.1) is 0 Å². The molecule has 2 aromatic heterocycles. The first kappa shape index (κ1) is 36.9. The van der Waals surface area contributed by atoms with Gasteiger partial charge in [0, 0.05) is 53.6 Å². The van der Waals surface area contributed by atoms with Gasteiger partial charge in [0.15, 0.2) is 5.96 Å². The fourth-order valence-electron chi connectivity index (χ4n) is 6.02. The first-order chi connectivity index (χ1) is 25.0. The van der Waals surface area contributed by atoms with E-state index in [0.717, 1.165) is 32.9 Å². The van der Waals surface area contributed by atoms with Crippen molar-refractivity contribution in [1.29, 1.82) is 0 Å². The molecule has 0 radical (unpaired) electrons. The number of fused-ring (bicyclic) bond motifs is 2. The quantitative estimate of drug-likeness (QED) is 0.0378. The van der Waals surface area contributed by atoms with Crippen LogP contribution in [0.5, 0.6) is 5.75 Å². The zero-order valence-electron chi connectivity index (χ0n) is 28.3. The summed E-state index contributed by atoms with van der Waals surface area (Å²) in [5.74, 6) is -3.43. The molecule has 3 amide bonds. The van der Waals surface area contributed by atoms with Crippen LogP contribution >= 0.6 is 0 Å². The number of para-hydroxylation sites is 2. The third-order valence-corrected chi connectivity index (χ3v) is 8.75. The maximum absolute atomic E-state index is 14.2. The Morgan fingerprint density at radius 1 is 0.692 bits per heavy atom. The number of benzene rings is 3. The molecule has 2 heterocycles. The largest absolute Gasteiger partial charge is 0.508 e. The van der Waals surface area contributed by atoms with E-state index in [9.17, 15) is 29.4 Å². The second-order valence-electron chi connectivity index (χ2n) is 12.6. The number of amides is 3. The van der Waals surface area contributed by atoms with Crippen molar-refractivity contribution in [3.63, 3.8) is 0 Å². The van der Waals surface area contributed by atoms with Gasteiger partial charge in [0.1, 0.15) is 23.9 Å². The summed E-state index contributed by atoms with van der Waals surface area (Å²) in [7, 11) is 0. The lowest BCUT2D eigenvalue weighted by atomic mass is 10.0. The lowest BCUT2D eigenvalue weighted by Gasteiger charge is -2.25. The van der Waals surface area contributed by atoms with Crippen molar-refractivity contribution in [3.05, 3.63) is 102 Å². The number of nitrogens with zero attached hydrogens (tertiary/aromatic N) is 1. The average molecular weight is 710 g/mol. The number of aliphatic imine (C=N–C) groups is 1. The molecule has 0 bridgehead atoms. The summed E-state index contributed by atoms with van der Waals surface area (Å²) in [6.07, 6.45) is 4.04. The van der Waals surface area contributed by atoms with E-state index in [1.165, 1.54) is 12.1 Å². The first-order valence-corrected chi connectivity index (χ1v) is 16.8. The number of carboxylic acid groups (broad SMARTS) is 1. The Hall–Kier alpha value is -6.35. The molecule has 0 fully saturated rings. The van der Waals surface area contributed by atoms with Gasteiger partial charge in [-0.25, -0.2) is 4.79 Å². The van der Waals surface area contributed by atoms with Crippen molar-refractivity contribution in [2.75, 3.05) is 6.54 Å². The van der Waals surface area contributed by atoms with Crippen LogP contribution in [-0.2, 0) is 38.4 Å². The van der Waals surface area contributed by atoms with Crippen LogP contribution in [0.4, 0.5) is 0 Å². The summed E-state index contributed by atoms with van der Waals surface area (Å²) < 4.78 is 0. The molecule has 15 nitrogen and oxygen atoms in total. The minimum Gasteiger partial charge on any atom is -0.508 e. The molecule has 4 unspecified atom stereocenters. The van der Waals surface area contributed by atoms with Crippen molar-refractivity contribution in [3.8, 4) is 5.75 Å². The number of rotatable bonds is 17. The summed E-state index contributed by atoms with van der Waals surface area (Å²) in [6.45, 7) is 0.160. The van der Waals surface area contributed by atoms with E-state index < -0.39 is 47.9 Å². The van der Waals surface area contributed by atoms with Crippen LogP contribution in [0.2, 0.25) is 0 Å². The van der Waals surface area contributed by atoms with Crippen LogP contribution in [0.1, 0.15) is 29.5 Å². The topological polar surface area (TPSA) is 267 Å². The number of aromatic hydroxyl groups is 1. The second-order valence-corrected chi connectivity index (χ2v) is 12.6. The Bertz CT molecular complexity index is 2050. The lowest BCUT2D eigenvalue weighted by Crippen LogP contribution is -2.58. The molecule has 272 valence electrons. The van der Waals surface area contributed by atoms with Gasteiger partial charge >= 0.3 is 5.97 Å². The van der Waals surface area contributed by atoms with E-state index in [-0.39, 0.29) is 50.4 Å². The number of carbonyl (C=O) groups excluding carboxylic acids is 3. The number of hydrogen-bond acceptors (Lipinski definition) is 7. The maximum Gasteiger partial charge on any atom is 0.326 e. The van der Waals surface area contributed by atoms with Crippen molar-refractivity contribution >= 4 is 51.5 Å². The van der Waals surface area contributed by atoms with Gasteiger partial charge in [-0.05, 0) is 60.2 Å². The van der Waals surface area contributed by atoms with E-state index in [1.807, 2.05) is 48.5 Å². The number of aromatic nitrogens is 2. The van der Waals surface area contributed by atoms with Gasteiger partial charge < -0.3 is 53.3 Å². The summed E-state index contributed by atoms with van der Waals surface area (Å²) in [5, 5.41) is 29.5. The normalized spacial score (nSPS) is 13.5. The van der Waals surface area contributed by atoms with E-state index in [2.05, 4.69) is 30.9 Å². The average Bonchev–Trinajstić information content (AvgIpc) is 3.73. The zero-order chi connectivity index (χ0) is 37.2. The van der Waals surface area contributed by atoms with E-state index in [0.29, 0.717) is 5.56 Å². The zero-order valence-corrected chi connectivity index (χ0v) is 28.3. The van der Waals surface area contributed by atoms with Gasteiger partial charge in [-0.2, -0.15) is 0 Å². The second kappa shape index (κ2) is 17.0. The third-order valence-electron chi connectivity index (χ3n) is 8.75. The molecule has 15 heteroatoms. The summed E-state index contributed by atoms with van der Waals surface area (Å²) in [6, 6.07) is 16.4. The smallest absolute Gasteiger partial charge is 0.326 e. The number of nitrogens with two attached hydrogens (primary N) is 3. The Balaban J connectivity index is 1.38. The number of carbonyl (C=O) groups is 4. The van der Waals surface area contributed by atoms with Crippen LogP contribution in [0.3, 0.4) is 0 Å². The number of guanidine groups is 1. The van der Waals surface area contributed by atoms with Gasteiger partial charge in [-0.15, -0.1) is 0 Å². The van der Waals surface area contributed by atoms with Gasteiger partial charge in [0.25, 0.3) is 0 Å². The van der Waals surface area contributed by atoms with Gasteiger partial charge in [0.05, 0.1) is 6.04 Å². The number of aliphatic carboxylic acids is 1. The third kappa shape index (κ3) is 9.66. The molecule has 0 aliphatic heterocycles. The molecule has 0 aliphatic carbocycles. The van der Waals surface area contributed by atoms with E-state index in [1.54, 1.807) is 24.5 Å². The number of phenols is 1. The van der Waals surface area contributed by atoms with Crippen LogP contribution < -0.4 is 33.2 Å². The molecular formula is C37H43N9O6. The van der Waals surface area contributed by atoms with Crippen LogP contribution in [0.15, 0.2) is 90.2 Å². The lowest BCUT2D eigenvalue weighted by molar-refractivity contribution is -0.142. The molecule has 5 rings (SSSR count). The number of carboxylic acids is 1. The Kier molecular flexibility index (Phi) is 12.1. The minimum absolute atomic E-state index is 0.00554. The predicted octanol–water partition coefficient (Wildman–Crippen LogP) is 1.30. The summed E-state index contributed by atoms with van der Waals surface area (Å²) in [5.41, 5.74) is 21.0. The fraction of sp³-hybridized carbons (Fsp3) is 0.270. The van der Waals surface area contributed by atoms with Crippen LogP contribution in [0.25, 0.3) is 21.8 Å². The molecule has 4 atom stereocenters. The standard InChI is InChI=1S/C37H43N9O6/c38-27(17-22-19-42-28-8-3-1-6-25(22)28)33(48)45-32(18-23-20-43-29-9-4-2-7-26(23)29)35(50)46-31(16-21-11-13-24(47)14-12-21)34(49)44-30(36(51)52)10-5-15-41-37(39)40/h1-4,6-9,11-14,19-20,27,30-32,42-43,47H,5,10,15-18,38H2,(H,44,49)(H,45,48)(H,46,50)(H,51,52)(H4,39,40,41). The number of aromatic amines is 2. The highest BCUT2D eigenvalue weighted by atomic mass is 16.4. The Morgan fingerprint density at radius 2 is 1.21 bits per heavy atom. The summed E-state index contributed by atoms with van der Waals surface area (Å²) >= 11 is 0. The van der Waals surface area contributed by atoms with Crippen molar-refractivity contribution < 1.29 is 29.4 Å². The highest BCUT2D eigenvalue weighted by Crippen LogP contribution is 2.21. The highest BCUT2D eigenvalue weighted by molar-refractivity contribution is 5.95. The Labute approximate surface area is 299 Å². The highest BCUT2D eigenvalue weighted by Gasteiger charge is 2.31. The monoisotopic (exact) mass is 709 g/mol.